The molecule has 0 unspecified atom stereocenters. The van der Waals surface area contributed by atoms with Crippen LogP contribution in [0.5, 0.6) is 0 Å². The smallest absolute Gasteiger partial charge is 0.225 e. The van der Waals surface area contributed by atoms with E-state index in [-0.39, 0.29) is 11.4 Å². The van der Waals surface area contributed by atoms with Crippen molar-refractivity contribution in [1.29, 1.82) is 0 Å². The van der Waals surface area contributed by atoms with Crippen LogP contribution < -0.4 is 5.32 Å². The van der Waals surface area contributed by atoms with Crippen LogP contribution in [0.3, 0.4) is 0 Å². The van der Waals surface area contributed by atoms with Gasteiger partial charge in [0.15, 0.2) is 0 Å². The van der Waals surface area contributed by atoms with Gasteiger partial charge in [0.1, 0.15) is 0 Å². The van der Waals surface area contributed by atoms with Crippen LogP contribution in [-0.4, -0.2) is 15.7 Å². The summed E-state index contributed by atoms with van der Waals surface area (Å²) in [5, 5.41) is 8.36. The molecule has 5 heteroatoms. The summed E-state index contributed by atoms with van der Waals surface area (Å²) in [5.41, 5.74) is 3.91. The van der Waals surface area contributed by atoms with Crippen molar-refractivity contribution in [3.8, 4) is 0 Å². The number of halogens is 1. The summed E-state index contributed by atoms with van der Waals surface area (Å²) in [6.45, 7) is 3.95. The van der Waals surface area contributed by atoms with Crippen molar-refractivity contribution in [3.63, 3.8) is 0 Å². The fourth-order valence-electron chi connectivity index (χ4n) is 3.33. The zero-order valence-corrected chi connectivity index (χ0v) is 14.6. The molecule has 1 aliphatic rings. The molecule has 0 aliphatic heterocycles. The van der Waals surface area contributed by atoms with Gasteiger partial charge >= 0.3 is 0 Å². The molecule has 3 rings (SSSR count). The number of nitrogens with one attached hydrogen (secondary N) is 1. The highest BCUT2D eigenvalue weighted by Crippen LogP contribution is 2.41. The lowest BCUT2D eigenvalue weighted by Gasteiger charge is -2.43. The molecule has 2 aromatic rings. The SMILES string of the molecule is Cc1nn(C)c(C)c1CC(=O)NC1(c2ccc(Cl)cc2)CCC1. The normalized spacial score (nSPS) is 16.0. The van der Waals surface area contributed by atoms with Gasteiger partial charge in [-0.25, -0.2) is 0 Å². The van der Waals surface area contributed by atoms with Gasteiger partial charge in [-0.1, -0.05) is 23.7 Å². The monoisotopic (exact) mass is 331 g/mol. The maximum absolute atomic E-state index is 12.6. The van der Waals surface area contributed by atoms with Crippen LogP contribution in [0.4, 0.5) is 0 Å². The van der Waals surface area contributed by atoms with E-state index in [1.165, 1.54) is 0 Å². The molecule has 1 heterocycles. The summed E-state index contributed by atoms with van der Waals surface area (Å²) in [7, 11) is 1.91. The molecule has 4 nitrogen and oxygen atoms in total. The standard InChI is InChI=1S/C18H22ClN3O/c1-12-16(13(2)22(3)21-12)11-17(23)20-18(9-4-10-18)14-5-7-15(19)8-6-14/h5-8H,4,9-11H2,1-3H3,(H,20,23). The van der Waals surface area contributed by atoms with Crippen LogP contribution in [0.1, 0.15) is 41.8 Å². The Morgan fingerprint density at radius 3 is 2.43 bits per heavy atom. The number of hydrogen-bond donors (Lipinski definition) is 1. The van der Waals surface area contributed by atoms with E-state index >= 15 is 0 Å². The lowest BCUT2D eigenvalue weighted by molar-refractivity contribution is -0.123. The number of aromatic nitrogens is 2. The first kappa shape index (κ1) is 16.1. The van der Waals surface area contributed by atoms with Gasteiger partial charge in [0, 0.05) is 23.3 Å². The lowest BCUT2D eigenvalue weighted by atomic mass is 9.71. The molecule has 1 aromatic carbocycles. The second-order valence-electron chi connectivity index (χ2n) is 6.44. The Balaban J connectivity index is 1.76. The predicted octanol–water partition coefficient (Wildman–Crippen LogP) is 3.43. The minimum absolute atomic E-state index is 0.0545. The highest BCUT2D eigenvalue weighted by atomic mass is 35.5. The molecule has 1 aliphatic carbocycles. The number of rotatable bonds is 4. The molecule has 0 spiro atoms. The number of carbonyl (C=O) groups excluding carboxylic acids is 1. The van der Waals surface area contributed by atoms with E-state index in [0.29, 0.717) is 6.42 Å². The minimum Gasteiger partial charge on any atom is -0.346 e. The van der Waals surface area contributed by atoms with E-state index in [9.17, 15) is 4.79 Å². The molecular weight excluding hydrogens is 310 g/mol. The van der Waals surface area contributed by atoms with Crippen molar-refractivity contribution < 1.29 is 4.79 Å². The Hall–Kier alpha value is -1.81. The first-order chi connectivity index (χ1) is 10.9. The molecule has 1 aromatic heterocycles. The van der Waals surface area contributed by atoms with E-state index in [1.54, 1.807) is 0 Å². The van der Waals surface area contributed by atoms with Gasteiger partial charge in [0.05, 0.1) is 17.7 Å². The Morgan fingerprint density at radius 1 is 1.30 bits per heavy atom. The second kappa shape index (κ2) is 6.00. The number of hydrogen-bond acceptors (Lipinski definition) is 2. The third kappa shape index (κ3) is 3.00. The largest absolute Gasteiger partial charge is 0.346 e. The predicted molar refractivity (Wildman–Crippen MR) is 91.5 cm³/mol. The van der Waals surface area contributed by atoms with Gasteiger partial charge in [-0.3, -0.25) is 9.48 Å². The fourth-order valence-corrected chi connectivity index (χ4v) is 3.46. The molecule has 1 saturated carbocycles. The van der Waals surface area contributed by atoms with Crippen LogP contribution >= 0.6 is 11.6 Å². The molecule has 1 amide bonds. The molecular formula is C18H22ClN3O. The number of amides is 1. The Morgan fingerprint density at radius 2 is 1.96 bits per heavy atom. The van der Waals surface area contributed by atoms with Crippen molar-refractivity contribution in [2.75, 3.05) is 0 Å². The van der Waals surface area contributed by atoms with Crippen molar-refractivity contribution in [3.05, 3.63) is 51.8 Å². The van der Waals surface area contributed by atoms with Gasteiger partial charge in [-0.15, -0.1) is 0 Å². The Kier molecular flexibility index (Phi) is 4.19. The Labute approximate surface area is 141 Å². The third-order valence-electron chi connectivity index (χ3n) is 4.98. The summed E-state index contributed by atoms with van der Waals surface area (Å²) in [6, 6.07) is 7.81. The third-order valence-corrected chi connectivity index (χ3v) is 5.23. The highest BCUT2D eigenvalue weighted by Gasteiger charge is 2.40. The molecule has 1 fully saturated rings. The number of aryl methyl sites for hydroxylation is 2. The second-order valence-corrected chi connectivity index (χ2v) is 6.88. The maximum Gasteiger partial charge on any atom is 0.225 e. The van der Waals surface area contributed by atoms with Crippen molar-refractivity contribution in [2.24, 2.45) is 7.05 Å². The van der Waals surface area contributed by atoms with E-state index in [4.69, 9.17) is 11.6 Å². The highest BCUT2D eigenvalue weighted by molar-refractivity contribution is 6.30. The van der Waals surface area contributed by atoms with E-state index in [0.717, 1.165) is 46.8 Å². The van der Waals surface area contributed by atoms with Crippen molar-refractivity contribution in [2.45, 2.75) is 45.1 Å². The average molecular weight is 332 g/mol. The molecule has 0 radical (unpaired) electrons. The van der Waals surface area contributed by atoms with Crippen LogP contribution in [-0.2, 0) is 23.8 Å². The number of benzene rings is 1. The van der Waals surface area contributed by atoms with Gasteiger partial charge in [0.2, 0.25) is 5.91 Å². The van der Waals surface area contributed by atoms with Crippen molar-refractivity contribution in [1.82, 2.24) is 15.1 Å². The summed E-state index contributed by atoms with van der Waals surface area (Å²) in [5.74, 6) is 0.0545. The van der Waals surface area contributed by atoms with Gasteiger partial charge in [-0.05, 0) is 50.8 Å². The summed E-state index contributed by atoms with van der Waals surface area (Å²) >= 11 is 5.98. The van der Waals surface area contributed by atoms with Crippen LogP contribution in [0, 0.1) is 13.8 Å². The zero-order valence-electron chi connectivity index (χ0n) is 13.8. The summed E-state index contributed by atoms with van der Waals surface area (Å²) in [6.07, 6.45) is 3.46. The Bertz CT molecular complexity index is 729. The van der Waals surface area contributed by atoms with E-state index in [2.05, 4.69) is 10.4 Å². The molecule has 23 heavy (non-hydrogen) atoms. The van der Waals surface area contributed by atoms with Gasteiger partial charge in [0.25, 0.3) is 0 Å². The van der Waals surface area contributed by atoms with Gasteiger partial charge < -0.3 is 5.32 Å². The molecule has 0 atom stereocenters. The van der Waals surface area contributed by atoms with E-state index in [1.807, 2.05) is 49.8 Å². The topological polar surface area (TPSA) is 46.9 Å². The molecule has 0 bridgehead atoms. The number of carbonyl (C=O) groups is 1. The van der Waals surface area contributed by atoms with Crippen LogP contribution in [0.2, 0.25) is 5.02 Å². The summed E-state index contributed by atoms with van der Waals surface area (Å²) < 4.78 is 1.83. The lowest BCUT2D eigenvalue weighted by Crippen LogP contribution is -2.51. The maximum atomic E-state index is 12.6. The zero-order chi connectivity index (χ0) is 16.6. The first-order valence-electron chi connectivity index (χ1n) is 7.97. The number of nitrogens with zero attached hydrogens (tertiary/aromatic N) is 2. The molecule has 0 saturated heterocycles. The van der Waals surface area contributed by atoms with E-state index < -0.39 is 0 Å². The first-order valence-corrected chi connectivity index (χ1v) is 8.35. The fraction of sp³-hybridized carbons (Fsp3) is 0.444. The average Bonchev–Trinajstić information content (AvgIpc) is 2.70. The quantitative estimate of drug-likeness (QED) is 0.933. The van der Waals surface area contributed by atoms with Gasteiger partial charge in [-0.2, -0.15) is 5.10 Å². The molecule has 122 valence electrons. The molecule has 1 N–H and O–H groups in total. The summed E-state index contributed by atoms with van der Waals surface area (Å²) in [4.78, 5) is 12.6. The van der Waals surface area contributed by atoms with Crippen LogP contribution in [0.15, 0.2) is 24.3 Å². The van der Waals surface area contributed by atoms with Crippen LogP contribution in [0.25, 0.3) is 0 Å². The minimum atomic E-state index is -0.230. The van der Waals surface area contributed by atoms with Crippen molar-refractivity contribution >= 4 is 17.5 Å².